The van der Waals surface area contributed by atoms with Crippen LogP contribution >= 0.6 is 47.3 Å². The second-order valence-electron chi connectivity index (χ2n) is 6.43. The van der Waals surface area contributed by atoms with E-state index in [4.69, 9.17) is 22.5 Å². The topological polar surface area (TPSA) is 210 Å². The molecule has 1 fully saturated rings. The number of nitrogen functional groups attached to an aromatic ring is 1. The Bertz CT molecular complexity index is 1150. The number of rotatable bonds is 8. The number of hydrogen-bond donors (Lipinski definition) is 6. The molecule has 0 bridgehead atoms. The molecule has 7 N–H and O–H groups in total. The number of nitrogens with two attached hydrogens (primary N) is 2. The van der Waals surface area contributed by atoms with Crippen LogP contribution in [-0.4, -0.2) is 69.9 Å². The van der Waals surface area contributed by atoms with Crippen molar-refractivity contribution in [3.63, 3.8) is 0 Å². The molecule has 18 heteroatoms. The van der Waals surface area contributed by atoms with E-state index in [2.05, 4.69) is 32.8 Å². The Morgan fingerprint density at radius 1 is 1.44 bits per heavy atom. The highest BCUT2D eigenvalue weighted by atomic mass is 35.5. The first-order valence-corrected chi connectivity index (χ1v) is 12.8. The maximum Gasteiger partial charge on any atom is 0.276 e. The van der Waals surface area contributed by atoms with Gasteiger partial charge in [-0.3, -0.25) is 19.3 Å². The largest absolute Gasteiger partial charge is 0.410 e. The maximum absolute atomic E-state index is 12.7. The van der Waals surface area contributed by atoms with Crippen LogP contribution in [0.2, 0.25) is 4.34 Å². The molecule has 32 heavy (non-hydrogen) atoms. The van der Waals surface area contributed by atoms with Gasteiger partial charge in [0.15, 0.2) is 10.8 Å². The molecule has 0 spiro atoms. The molecule has 2 amide bonds. The van der Waals surface area contributed by atoms with Gasteiger partial charge in [-0.15, -0.1) is 11.8 Å². The van der Waals surface area contributed by atoms with Crippen molar-refractivity contribution in [2.24, 2.45) is 10.3 Å². The van der Waals surface area contributed by atoms with Gasteiger partial charge >= 0.3 is 0 Å². The highest BCUT2D eigenvalue weighted by Gasteiger charge is 2.53. The number of aromatic nitrogens is 1. The molecule has 2 atom stereocenters. The lowest BCUT2D eigenvalue weighted by Crippen LogP contribution is -2.70. The number of hydrogen-bond acceptors (Lipinski definition) is 11. The van der Waals surface area contributed by atoms with E-state index in [0.717, 1.165) is 11.3 Å². The number of nitrogens with zero attached hydrogens (tertiary/aromatic N) is 3. The van der Waals surface area contributed by atoms with Gasteiger partial charge in [-0.1, -0.05) is 40.7 Å². The van der Waals surface area contributed by atoms with Gasteiger partial charge in [0.05, 0.1) is 5.70 Å². The Balaban J connectivity index is 1.75. The summed E-state index contributed by atoms with van der Waals surface area (Å²) in [5.74, 6) is -1.22. The second-order valence-corrected chi connectivity index (χ2v) is 11.0. The second kappa shape index (κ2) is 9.54. The van der Waals surface area contributed by atoms with E-state index in [0.29, 0.717) is 5.57 Å². The molecule has 1 unspecified atom stereocenters. The number of halogens is 1. The summed E-state index contributed by atoms with van der Waals surface area (Å²) in [4.78, 5) is 42.4. The van der Waals surface area contributed by atoms with Gasteiger partial charge in [-0.25, -0.2) is 14.8 Å². The number of carbonyl (C=O) groups excluding carboxylic acids is 3. The number of β-lactam (4-membered cyclic amide) rings is 1. The normalized spacial score (nSPS) is 21.3. The number of carbonyl (C=O) groups is 3. The molecule has 0 aliphatic carbocycles. The number of thiol groups is 1. The maximum atomic E-state index is 12.7. The van der Waals surface area contributed by atoms with Crippen molar-refractivity contribution in [1.82, 2.24) is 19.9 Å². The Morgan fingerprint density at radius 2 is 2.12 bits per heavy atom. The highest BCUT2D eigenvalue weighted by Crippen LogP contribution is 2.41. The zero-order valence-electron chi connectivity index (χ0n) is 15.8. The van der Waals surface area contributed by atoms with E-state index in [1.54, 1.807) is 0 Å². The molecule has 1 aromatic heterocycles. The first-order valence-electron chi connectivity index (χ1n) is 8.57. The zero-order valence-corrected chi connectivity index (χ0v) is 19.9. The monoisotopic (exact) mass is 541 g/mol. The van der Waals surface area contributed by atoms with E-state index >= 15 is 0 Å². The van der Waals surface area contributed by atoms with Crippen molar-refractivity contribution in [3.8, 4) is 0 Å². The predicted molar refractivity (Wildman–Crippen MR) is 122 cm³/mol. The van der Waals surface area contributed by atoms with Crippen LogP contribution in [-0.2, 0) is 24.6 Å². The molecule has 0 aromatic carbocycles. The van der Waals surface area contributed by atoms with Crippen LogP contribution in [0.25, 0.3) is 0 Å². The fraction of sp³-hybridized carbons (Fsp3) is 0.357. The first-order chi connectivity index (χ1) is 14.9. The van der Waals surface area contributed by atoms with Crippen molar-refractivity contribution in [1.29, 1.82) is 0 Å². The van der Waals surface area contributed by atoms with Gasteiger partial charge in [0.1, 0.15) is 21.4 Å². The van der Waals surface area contributed by atoms with Crippen molar-refractivity contribution in [2.45, 2.75) is 17.8 Å². The number of anilines is 1. The van der Waals surface area contributed by atoms with E-state index < -0.39 is 44.3 Å². The number of amides is 2. The van der Waals surface area contributed by atoms with Crippen LogP contribution in [0.4, 0.5) is 5.13 Å². The van der Waals surface area contributed by atoms with Gasteiger partial charge in [0.2, 0.25) is 5.12 Å². The Morgan fingerprint density at radius 3 is 2.66 bits per heavy atom. The molecule has 2 aliphatic rings. The molecule has 0 radical (unpaired) electrons. The average molecular weight is 542 g/mol. The minimum Gasteiger partial charge on any atom is -0.410 e. The summed E-state index contributed by atoms with van der Waals surface area (Å²) in [6, 6.07) is -1.02. The third-order valence-corrected chi connectivity index (χ3v) is 7.65. The van der Waals surface area contributed by atoms with E-state index in [9.17, 15) is 28.0 Å². The molecule has 174 valence electrons. The Labute approximate surface area is 200 Å². The number of nitrogens with one attached hydrogen (secondary N) is 2. The third-order valence-electron chi connectivity index (χ3n) is 4.41. The van der Waals surface area contributed by atoms with Crippen molar-refractivity contribution in [3.05, 3.63) is 21.3 Å². The zero-order chi connectivity index (χ0) is 23.8. The van der Waals surface area contributed by atoms with Gasteiger partial charge in [0, 0.05) is 12.3 Å². The summed E-state index contributed by atoms with van der Waals surface area (Å²) in [6.07, 6.45) is 0.129. The molecule has 3 heterocycles. The molecular formula is C14H16ClN7O6S4. The fourth-order valence-electron chi connectivity index (χ4n) is 3.09. The molecule has 1 saturated heterocycles. The summed E-state index contributed by atoms with van der Waals surface area (Å²) in [5.41, 5.74) is 5.41. The van der Waals surface area contributed by atoms with Crippen LogP contribution in [0.1, 0.15) is 12.1 Å². The number of oxime groups is 1. The summed E-state index contributed by atoms with van der Waals surface area (Å²) < 4.78 is 24.2. The minimum atomic E-state index is -3.91. The molecule has 1 aromatic rings. The van der Waals surface area contributed by atoms with Crippen molar-refractivity contribution >= 4 is 85.3 Å². The molecule has 2 aliphatic heterocycles. The molecule has 13 nitrogen and oxygen atoms in total. The quantitative estimate of drug-likeness (QED) is 0.0769. The predicted octanol–water partition coefficient (Wildman–Crippen LogP) is -1.15. The van der Waals surface area contributed by atoms with Gasteiger partial charge in [-0.2, -0.15) is 8.42 Å². The first kappa shape index (κ1) is 24.7. The third kappa shape index (κ3) is 5.03. The number of fused-ring (bicyclic) bond motifs is 1. The van der Waals surface area contributed by atoms with Gasteiger partial charge in [-0.05, 0) is 12.0 Å². The summed E-state index contributed by atoms with van der Waals surface area (Å²) in [5, 5.41) is 18.3. The average Bonchev–Trinajstić information content (AvgIpc) is 3.02. The van der Waals surface area contributed by atoms with E-state index in [1.165, 1.54) is 16.7 Å². The minimum absolute atomic E-state index is 0.0233. The SMILES string of the molecule is Nc1nc(/C(=N/O)C(=O)NC2C(=O)N3C(C(=O)S)=C(CCNS(N)(=O)=O)CS[C@H]23)c(Cl)s1. The van der Waals surface area contributed by atoms with Gasteiger partial charge < -0.3 is 16.3 Å². The van der Waals surface area contributed by atoms with Crippen LogP contribution in [0.15, 0.2) is 16.4 Å². The molecule has 0 saturated carbocycles. The summed E-state index contributed by atoms with van der Waals surface area (Å²) in [7, 11) is -3.91. The molecular weight excluding hydrogens is 526 g/mol. The van der Waals surface area contributed by atoms with Crippen LogP contribution < -0.4 is 20.9 Å². The van der Waals surface area contributed by atoms with Crippen molar-refractivity contribution in [2.75, 3.05) is 18.0 Å². The number of thioether (sulfide) groups is 1. The van der Waals surface area contributed by atoms with Crippen LogP contribution in [0.3, 0.4) is 0 Å². The highest BCUT2D eigenvalue weighted by molar-refractivity contribution is 8.00. The Hall–Kier alpha value is -1.89. The summed E-state index contributed by atoms with van der Waals surface area (Å²) in [6.45, 7) is -0.0694. The van der Waals surface area contributed by atoms with Gasteiger partial charge in [0.25, 0.3) is 22.0 Å². The lowest BCUT2D eigenvalue weighted by Gasteiger charge is -2.49. The summed E-state index contributed by atoms with van der Waals surface area (Å²) >= 11 is 11.9. The molecule has 3 rings (SSSR count). The lowest BCUT2D eigenvalue weighted by molar-refractivity contribution is -0.146. The smallest absolute Gasteiger partial charge is 0.276 e. The Kier molecular flexibility index (Phi) is 7.38. The van der Waals surface area contributed by atoms with Crippen LogP contribution in [0.5, 0.6) is 0 Å². The number of thiazole rings is 1. The standard InChI is InChI=1S/C14H16ClN7O6S4/c15-9-5(20-14(16)31-9)6(21-26)10(23)19-7-11(24)22-8(13(25)29)4(3-30-12(7)22)1-2-18-32(17,27)28/h7,12,18,26H,1-3H2,(H2,16,20)(H,19,23)(H,25,29)(H2,17,27,28)/b21-6-/t7?,12-/m1/s1. The van der Waals surface area contributed by atoms with E-state index in [-0.39, 0.29) is 39.6 Å². The van der Waals surface area contributed by atoms with E-state index in [1.807, 2.05) is 0 Å². The van der Waals surface area contributed by atoms with Crippen LogP contribution in [0, 0.1) is 0 Å². The lowest BCUT2D eigenvalue weighted by atomic mass is 10.0. The fourth-order valence-corrected chi connectivity index (χ4v) is 6.06. The van der Waals surface area contributed by atoms with Crippen molar-refractivity contribution < 1.29 is 28.0 Å².